The lowest BCUT2D eigenvalue weighted by molar-refractivity contribution is -0.121. The maximum atomic E-state index is 12.4. The second-order valence-electron chi connectivity index (χ2n) is 6.84. The Bertz CT molecular complexity index is 1020. The molecule has 7 heteroatoms. The number of likely N-dealkylation sites (N-methyl/N-ethyl adjacent to an activating group) is 1. The van der Waals surface area contributed by atoms with Crippen molar-refractivity contribution >= 4 is 34.5 Å². The first-order valence-electron chi connectivity index (χ1n) is 8.95. The first-order valence-corrected chi connectivity index (χ1v) is 10.2. The third kappa shape index (κ3) is 3.76. The van der Waals surface area contributed by atoms with Crippen molar-refractivity contribution in [1.29, 1.82) is 0 Å². The van der Waals surface area contributed by atoms with Crippen LogP contribution in [0.5, 0.6) is 5.75 Å². The minimum Gasteiger partial charge on any atom is -0.482 e. The summed E-state index contributed by atoms with van der Waals surface area (Å²) in [7, 11) is 3.99. The largest absolute Gasteiger partial charge is 0.482 e. The number of fused-ring (bicyclic) bond motifs is 1. The van der Waals surface area contributed by atoms with Gasteiger partial charge in [0.2, 0.25) is 0 Å². The number of aromatic nitrogens is 1. The van der Waals surface area contributed by atoms with Crippen molar-refractivity contribution in [3.8, 4) is 27.6 Å². The van der Waals surface area contributed by atoms with E-state index in [0.717, 1.165) is 39.8 Å². The van der Waals surface area contributed by atoms with E-state index >= 15 is 0 Å². The molecule has 0 saturated carbocycles. The van der Waals surface area contributed by atoms with Crippen molar-refractivity contribution in [3.05, 3.63) is 52.9 Å². The number of halogens is 1. The van der Waals surface area contributed by atoms with Crippen LogP contribution >= 0.6 is 22.9 Å². The van der Waals surface area contributed by atoms with E-state index in [-0.39, 0.29) is 12.5 Å². The molecule has 0 atom stereocenters. The molecule has 4 rings (SSSR count). The minimum absolute atomic E-state index is 0.0264. The van der Waals surface area contributed by atoms with Crippen LogP contribution in [0.4, 0.5) is 5.69 Å². The first kappa shape index (κ1) is 18.9. The monoisotopic (exact) mass is 413 g/mol. The van der Waals surface area contributed by atoms with Crippen molar-refractivity contribution in [1.82, 2.24) is 9.88 Å². The van der Waals surface area contributed by atoms with Crippen LogP contribution in [-0.2, 0) is 4.79 Å². The Kier molecular flexibility index (Phi) is 5.35. The van der Waals surface area contributed by atoms with Crippen LogP contribution in [0.25, 0.3) is 21.8 Å². The Balaban J connectivity index is 1.67. The number of carbonyl (C=O) groups excluding carboxylic acids is 1. The highest BCUT2D eigenvalue weighted by Gasteiger charge is 2.26. The van der Waals surface area contributed by atoms with Gasteiger partial charge >= 0.3 is 0 Å². The predicted molar refractivity (Wildman–Crippen MR) is 114 cm³/mol. The normalized spacial score (nSPS) is 13.6. The number of carbonyl (C=O) groups is 1. The van der Waals surface area contributed by atoms with Gasteiger partial charge in [-0.25, -0.2) is 4.98 Å². The molecule has 5 nitrogen and oxygen atoms in total. The second-order valence-corrected chi connectivity index (χ2v) is 8.10. The molecular weight excluding hydrogens is 394 g/mol. The zero-order valence-corrected chi connectivity index (χ0v) is 17.3. The molecule has 1 aromatic heterocycles. The molecule has 1 aliphatic rings. The minimum atomic E-state index is -0.0264. The van der Waals surface area contributed by atoms with E-state index in [4.69, 9.17) is 21.3 Å². The molecule has 0 aliphatic carbocycles. The summed E-state index contributed by atoms with van der Waals surface area (Å²) in [5, 5.41) is 3.56. The highest BCUT2D eigenvalue weighted by atomic mass is 35.5. The second kappa shape index (κ2) is 7.91. The van der Waals surface area contributed by atoms with Crippen LogP contribution in [0.15, 0.2) is 47.8 Å². The van der Waals surface area contributed by atoms with Gasteiger partial charge in [-0.1, -0.05) is 29.8 Å². The number of thiazole rings is 1. The number of rotatable bonds is 5. The molecule has 0 bridgehead atoms. The van der Waals surface area contributed by atoms with Crippen molar-refractivity contribution in [2.75, 3.05) is 38.7 Å². The summed E-state index contributed by atoms with van der Waals surface area (Å²) >= 11 is 7.86. The van der Waals surface area contributed by atoms with Gasteiger partial charge in [-0.2, -0.15) is 0 Å². The number of amides is 1. The molecule has 2 aromatic carbocycles. The smallest absolute Gasteiger partial charge is 0.265 e. The SMILES string of the molecule is CN(C)CCN1C(=O)COc2ccc(-c3csc(-c4ccccc4Cl)n3)cc21. The lowest BCUT2D eigenvalue weighted by Gasteiger charge is -2.30. The summed E-state index contributed by atoms with van der Waals surface area (Å²) in [6, 6.07) is 13.6. The van der Waals surface area contributed by atoms with E-state index in [1.165, 1.54) is 0 Å². The summed E-state index contributed by atoms with van der Waals surface area (Å²) in [5.74, 6) is 0.699. The Morgan fingerprint density at radius 1 is 1.25 bits per heavy atom. The van der Waals surface area contributed by atoms with E-state index in [1.807, 2.05) is 61.9 Å². The van der Waals surface area contributed by atoms with Crippen molar-refractivity contribution in [2.45, 2.75) is 0 Å². The van der Waals surface area contributed by atoms with Gasteiger partial charge in [-0.05, 0) is 38.4 Å². The molecule has 0 radical (unpaired) electrons. The summed E-state index contributed by atoms with van der Waals surface area (Å²) < 4.78 is 5.61. The van der Waals surface area contributed by atoms with Crippen molar-refractivity contribution in [3.63, 3.8) is 0 Å². The molecule has 0 fully saturated rings. The quantitative estimate of drug-likeness (QED) is 0.621. The molecule has 144 valence electrons. The average Bonchev–Trinajstić information content (AvgIpc) is 3.17. The summed E-state index contributed by atoms with van der Waals surface area (Å²) in [6.07, 6.45) is 0. The Morgan fingerprint density at radius 3 is 2.86 bits per heavy atom. The Morgan fingerprint density at radius 2 is 2.07 bits per heavy atom. The van der Waals surface area contributed by atoms with Gasteiger partial charge in [0.15, 0.2) is 6.61 Å². The van der Waals surface area contributed by atoms with E-state index in [1.54, 1.807) is 16.2 Å². The summed E-state index contributed by atoms with van der Waals surface area (Å²) in [4.78, 5) is 21.0. The molecule has 0 N–H and O–H groups in total. The van der Waals surface area contributed by atoms with Gasteiger partial charge in [-0.3, -0.25) is 4.79 Å². The van der Waals surface area contributed by atoms with Crippen LogP contribution in [0.3, 0.4) is 0 Å². The third-order valence-corrected chi connectivity index (χ3v) is 5.78. The maximum Gasteiger partial charge on any atom is 0.265 e. The molecule has 2 heterocycles. The van der Waals surface area contributed by atoms with Crippen LogP contribution < -0.4 is 9.64 Å². The van der Waals surface area contributed by atoms with Crippen LogP contribution in [0, 0.1) is 0 Å². The number of hydrogen-bond acceptors (Lipinski definition) is 5. The molecule has 0 unspecified atom stereocenters. The number of ether oxygens (including phenoxy) is 1. The fourth-order valence-corrected chi connectivity index (χ4v) is 4.22. The van der Waals surface area contributed by atoms with E-state index in [0.29, 0.717) is 11.6 Å². The number of anilines is 1. The zero-order valence-electron chi connectivity index (χ0n) is 15.7. The van der Waals surface area contributed by atoms with E-state index in [9.17, 15) is 4.79 Å². The van der Waals surface area contributed by atoms with Gasteiger partial charge < -0.3 is 14.5 Å². The van der Waals surface area contributed by atoms with Crippen LogP contribution in [-0.4, -0.2) is 49.6 Å². The molecule has 3 aromatic rings. The van der Waals surface area contributed by atoms with Crippen LogP contribution in [0.2, 0.25) is 5.02 Å². The Labute approximate surface area is 173 Å². The number of nitrogens with zero attached hydrogens (tertiary/aromatic N) is 3. The topological polar surface area (TPSA) is 45.7 Å². The van der Waals surface area contributed by atoms with Gasteiger partial charge in [0.05, 0.1) is 16.4 Å². The number of hydrogen-bond donors (Lipinski definition) is 0. The van der Waals surface area contributed by atoms with Gasteiger partial charge in [0, 0.05) is 29.6 Å². The van der Waals surface area contributed by atoms with Crippen LogP contribution in [0.1, 0.15) is 0 Å². The molecule has 0 saturated heterocycles. The Hall–Kier alpha value is -2.41. The maximum absolute atomic E-state index is 12.4. The van der Waals surface area contributed by atoms with Crippen molar-refractivity contribution < 1.29 is 9.53 Å². The van der Waals surface area contributed by atoms with Gasteiger partial charge in [0.1, 0.15) is 10.8 Å². The molecule has 28 heavy (non-hydrogen) atoms. The van der Waals surface area contributed by atoms with Gasteiger partial charge in [-0.15, -0.1) is 11.3 Å². The standard InChI is InChI=1S/C21H20ClN3O2S/c1-24(2)9-10-25-18-11-14(7-8-19(18)27-12-20(25)26)17-13-28-21(23-17)15-5-3-4-6-16(15)22/h3-8,11,13H,9-10,12H2,1-2H3. The fourth-order valence-electron chi connectivity index (χ4n) is 3.07. The molecule has 1 amide bonds. The molecule has 1 aliphatic heterocycles. The summed E-state index contributed by atoms with van der Waals surface area (Å²) in [5.41, 5.74) is 3.52. The highest BCUT2D eigenvalue weighted by Crippen LogP contribution is 2.38. The summed E-state index contributed by atoms with van der Waals surface area (Å²) in [6.45, 7) is 1.48. The lowest BCUT2D eigenvalue weighted by atomic mass is 10.1. The number of benzene rings is 2. The fraction of sp³-hybridized carbons (Fsp3) is 0.238. The third-order valence-electron chi connectivity index (χ3n) is 4.58. The first-order chi connectivity index (χ1) is 13.5. The lowest BCUT2D eigenvalue weighted by Crippen LogP contribution is -2.42. The van der Waals surface area contributed by atoms with E-state index < -0.39 is 0 Å². The highest BCUT2D eigenvalue weighted by molar-refractivity contribution is 7.13. The van der Waals surface area contributed by atoms with Crippen molar-refractivity contribution in [2.24, 2.45) is 0 Å². The molecular formula is C21H20ClN3O2S. The zero-order chi connectivity index (χ0) is 19.7. The average molecular weight is 414 g/mol. The predicted octanol–water partition coefficient (Wildman–Crippen LogP) is 4.42. The van der Waals surface area contributed by atoms with E-state index in [2.05, 4.69) is 4.90 Å². The van der Waals surface area contributed by atoms with Gasteiger partial charge in [0.25, 0.3) is 5.91 Å². The molecule has 0 spiro atoms.